The van der Waals surface area contributed by atoms with E-state index in [-0.39, 0.29) is 30.1 Å². The van der Waals surface area contributed by atoms with Crippen molar-refractivity contribution in [2.24, 2.45) is 4.36 Å². The molecule has 14 heteroatoms. The molecule has 0 spiro atoms. The minimum absolute atomic E-state index is 0.120. The minimum Gasteiger partial charge on any atom is -0.448 e. The van der Waals surface area contributed by atoms with Gasteiger partial charge in [0.05, 0.1) is 27.8 Å². The van der Waals surface area contributed by atoms with Crippen LogP contribution in [-0.2, 0) is 24.5 Å². The van der Waals surface area contributed by atoms with E-state index in [1.54, 1.807) is 86.8 Å². The lowest BCUT2D eigenvalue weighted by atomic mass is 10.1. The fourth-order valence-electron chi connectivity index (χ4n) is 3.86. The van der Waals surface area contributed by atoms with E-state index in [1.165, 1.54) is 18.4 Å². The van der Waals surface area contributed by atoms with E-state index in [0.29, 0.717) is 33.2 Å². The van der Waals surface area contributed by atoms with E-state index in [4.69, 9.17) is 4.74 Å². The average molecular weight is 625 g/mol. The number of ether oxygens (including phenoxy) is 1. The second-order valence-electron chi connectivity index (χ2n) is 9.43. The van der Waals surface area contributed by atoms with Crippen molar-refractivity contribution in [2.45, 2.75) is 29.7 Å². The lowest BCUT2D eigenvalue weighted by Crippen LogP contribution is -2.21. The number of hydrogen-bond donors (Lipinski definition) is 4. The van der Waals surface area contributed by atoms with Crippen molar-refractivity contribution in [3.8, 4) is 11.1 Å². The molecular formula is C29H32N6O6S2. The zero-order valence-electron chi connectivity index (χ0n) is 23.7. The van der Waals surface area contributed by atoms with Crippen molar-refractivity contribution < 1.29 is 27.3 Å². The number of rotatable bonds is 11. The quantitative estimate of drug-likeness (QED) is 0.176. The molecule has 1 amide bonds. The van der Waals surface area contributed by atoms with Gasteiger partial charge in [-0.3, -0.25) is 4.72 Å². The largest absolute Gasteiger partial charge is 0.448 e. The lowest BCUT2D eigenvalue weighted by molar-refractivity contribution is 0.164. The molecule has 12 nitrogen and oxygen atoms in total. The lowest BCUT2D eigenvalue weighted by Gasteiger charge is -2.17. The van der Waals surface area contributed by atoms with Crippen molar-refractivity contribution in [1.82, 2.24) is 9.97 Å². The molecule has 2 unspecified atom stereocenters. The third-order valence-electron chi connectivity index (χ3n) is 5.99. The normalized spacial score (nSPS) is 13.3. The summed E-state index contributed by atoms with van der Waals surface area (Å²) in [6.45, 7) is 3.39. The first-order chi connectivity index (χ1) is 20.5. The molecule has 1 heterocycles. The molecule has 0 radical (unpaired) electrons. The summed E-state index contributed by atoms with van der Waals surface area (Å²) in [5.74, 6) is 0.634. The summed E-state index contributed by atoms with van der Waals surface area (Å²) in [7, 11) is -6.81. The van der Waals surface area contributed by atoms with Gasteiger partial charge in [-0.05, 0) is 61.9 Å². The highest BCUT2D eigenvalue weighted by Crippen LogP contribution is 2.30. The maximum atomic E-state index is 13.1. The smallest absolute Gasteiger partial charge is 0.442 e. The van der Waals surface area contributed by atoms with Crippen LogP contribution < -0.4 is 15.4 Å². The molecule has 0 aliphatic rings. The summed E-state index contributed by atoms with van der Waals surface area (Å²) in [6, 6.07) is 21.0. The van der Waals surface area contributed by atoms with E-state index in [2.05, 4.69) is 29.7 Å². The second kappa shape index (κ2) is 13.6. The Kier molecular flexibility index (Phi) is 9.95. The number of nitrogens with zero attached hydrogens (tertiary/aromatic N) is 3. The number of hydrogen-bond acceptors (Lipinski definition) is 10. The van der Waals surface area contributed by atoms with Crippen molar-refractivity contribution >= 4 is 49.0 Å². The summed E-state index contributed by atoms with van der Waals surface area (Å²) < 4.78 is 49.5. The predicted octanol–water partition coefficient (Wildman–Crippen LogP) is 5.09. The number of benzene rings is 3. The molecule has 2 atom stereocenters. The van der Waals surface area contributed by atoms with Gasteiger partial charge in [0.15, 0.2) is 0 Å². The van der Waals surface area contributed by atoms with Gasteiger partial charge < -0.3 is 20.5 Å². The van der Waals surface area contributed by atoms with E-state index in [1.807, 2.05) is 0 Å². The highest BCUT2D eigenvalue weighted by Gasteiger charge is 2.16. The fourth-order valence-corrected chi connectivity index (χ4v) is 6.06. The summed E-state index contributed by atoms with van der Waals surface area (Å²) in [5.41, 5.74) is 2.21. The summed E-state index contributed by atoms with van der Waals surface area (Å²) in [4.78, 5) is 21.3. The van der Waals surface area contributed by atoms with Gasteiger partial charge in [0.2, 0.25) is 5.95 Å². The number of aromatic nitrogens is 2. The van der Waals surface area contributed by atoms with Gasteiger partial charge in [0.1, 0.15) is 5.82 Å². The number of carbonyl (C=O) groups is 1. The van der Waals surface area contributed by atoms with Crippen LogP contribution >= 0.6 is 0 Å². The molecule has 0 aliphatic carbocycles. The van der Waals surface area contributed by atoms with Crippen LogP contribution in [0.2, 0.25) is 0 Å². The Labute approximate surface area is 250 Å². The van der Waals surface area contributed by atoms with Gasteiger partial charge in [-0.1, -0.05) is 36.4 Å². The van der Waals surface area contributed by atoms with Crippen molar-refractivity contribution in [3.63, 3.8) is 0 Å². The molecule has 226 valence electrons. The Morgan fingerprint density at radius 3 is 2.35 bits per heavy atom. The molecule has 4 rings (SSSR count). The van der Waals surface area contributed by atoms with Crippen LogP contribution in [-0.4, -0.2) is 59.3 Å². The van der Waals surface area contributed by atoms with Gasteiger partial charge in [0.25, 0.3) is 10.0 Å². The van der Waals surface area contributed by atoms with Crippen LogP contribution in [0.15, 0.2) is 99.2 Å². The number of carbonyl (C=O) groups excluding carboxylic acids is 1. The molecule has 43 heavy (non-hydrogen) atoms. The Balaban J connectivity index is 1.60. The molecule has 0 saturated carbocycles. The summed E-state index contributed by atoms with van der Waals surface area (Å²) in [5, 5.41) is 15.9. The van der Waals surface area contributed by atoms with Crippen molar-refractivity contribution in [2.75, 3.05) is 34.8 Å². The number of sulfonamides is 1. The van der Waals surface area contributed by atoms with E-state index < -0.39 is 25.8 Å². The third kappa shape index (κ3) is 8.28. The van der Waals surface area contributed by atoms with Crippen LogP contribution in [0.3, 0.4) is 0 Å². The van der Waals surface area contributed by atoms with Gasteiger partial charge in [0, 0.05) is 40.3 Å². The van der Waals surface area contributed by atoms with Crippen molar-refractivity contribution in [3.05, 3.63) is 85.1 Å². The maximum Gasteiger partial charge on any atom is 0.442 e. The first-order valence-electron chi connectivity index (χ1n) is 13.2. The number of nitrogens with one attached hydrogen (secondary N) is 3. The number of aliphatic hydroxyl groups is 1. The molecule has 4 N–H and O–H groups in total. The standard InChI is InChI=1S/C29H32N6O6S2/c1-4-41-29(37)35-42(3,38)25-12-8-9-23(17-25)32-28-30-18-26(27(33-28)31-20(2)19-36)21-13-15-22(16-14-21)34-43(39,40)24-10-6-5-7-11-24/h5-18,20,34,36H,4,19H2,1-3H3,(H2,30,31,32,33). The zero-order chi connectivity index (χ0) is 31.0. The molecule has 3 aromatic carbocycles. The van der Waals surface area contributed by atoms with Crippen LogP contribution in [0.5, 0.6) is 0 Å². The van der Waals surface area contributed by atoms with Crippen LogP contribution in [0, 0.1) is 0 Å². The third-order valence-corrected chi connectivity index (χ3v) is 9.01. The minimum atomic E-state index is -3.74. The monoisotopic (exact) mass is 624 g/mol. The van der Waals surface area contributed by atoms with Gasteiger partial charge in [-0.25, -0.2) is 22.4 Å². The molecular weight excluding hydrogens is 592 g/mol. The first kappa shape index (κ1) is 31.4. The van der Waals surface area contributed by atoms with Gasteiger partial charge >= 0.3 is 6.09 Å². The topological polar surface area (TPSA) is 172 Å². The van der Waals surface area contributed by atoms with Crippen molar-refractivity contribution in [1.29, 1.82) is 0 Å². The fraction of sp³-hybridized carbons (Fsp3) is 0.207. The average Bonchev–Trinajstić information content (AvgIpc) is 2.98. The van der Waals surface area contributed by atoms with E-state index >= 15 is 0 Å². The Bertz CT molecular complexity index is 1810. The summed E-state index contributed by atoms with van der Waals surface area (Å²) in [6.07, 6.45) is 2.04. The van der Waals surface area contributed by atoms with Crippen LogP contribution in [0.1, 0.15) is 13.8 Å². The molecule has 0 bridgehead atoms. The van der Waals surface area contributed by atoms with Crippen LogP contribution in [0.25, 0.3) is 11.1 Å². The van der Waals surface area contributed by atoms with E-state index in [9.17, 15) is 22.5 Å². The molecule has 1 aromatic heterocycles. The number of anilines is 4. The molecule has 0 saturated heterocycles. The predicted molar refractivity (Wildman–Crippen MR) is 166 cm³/mol. The SMILES string of the molecule is CCOC(=O)N=S(C)(=O)c1cccc(Nc2ncc(-c3ccc(NS(=O)(=O)c4ccccc4)cc3)c(NC(C)CO)n2)c1. The van der Waals surface area contributed by atoms with Gasteiger partial charge in [-0.15, -0.1) is 4.36 Å². The Morgan fingerprint density at radius 2 is 1.67 bits per heavy atom. The molecule has 0 aliphatic heterocycles. The van der Waals surface area contributed by atoms with E-state index in [0.717, 1.165) is 0 Å². The molecule has 0 fully saturated rings. The number of aliphatic hydroxyl groups excluding tert-OH is 1. The maximum absolute atomic E-state index is 13.1. The van der Waals surface area contributed by atoms with Crippen LogP contribution in [0.4, 0.5) is 27.9 Å². The Morgan fingerprint density at radius 1 is 0.977 bits per heavy atom. The molecule has 4 aromatic rings. The highest BCUT2D eigenvalue weighted by atomic mass is 32.2. The second-order valence-corrected chi connectivity index (χ2v) is 13.4. The zero-order valence-corrected chi connectivity index (χ0v) is 25.4. The Hall–Kier alpha value is -4.53. The number of amides is 1. The van der Waals surface area contributed by atoms with Gasteiger partial charge in [-0.2, -0.15) is 4.98 Å². The first-order valence-corrected chi connectivity index (χ1v) is 16.6. The summed E-state index contributed by atoms with van der Waals surface area (Å²) >= 11 is 0. The highest BCUT2D eigenvalue weighted by molar-refractivity contribution is 7.93.